The molecule has 0 bridgehead atoms. The van der Waals surface area contributed by atoms with E-state index < -0.39 is 0 Å². The Kier molecular flexibility index (Phi) is 10.9. The summed E-state index contributed by atoms with van der Waals surface area (Å²) in [6.07, 6.45) is 22.1. The lowest BCUT2D eigenvalue weighted by atomic mass is 9.29. The van der Waals surface area contributed by atoms with Crippen molar-refractivity contribution in [2.24, 2.45) is 16.7 Å². The van der Waals surface area contributed by atoms with Gasteiger partial charge in [0.05, 0.1) is 16.8 Å². The molecule has 0 N–H and O–H groups in total. The van der Waals surface area contributed by atoms with E-state index in [-0.39, 0.29) is 61.5 Å². The second kappa shape index (κ2) is 17.0. The van der Waals surface area contributed by atoms with Gasteiger partial charge in [0.1, 0.15) is 0 Å². The molecular weight excluding hydrogens is 1030 g/mol. The summed E-state index contributed by atoms with van der Waals surface area (Å²) in [5, 5.41) is 0. The van der Waals surface area contributed by atoms with Crippen LogP contribution in [-0.4, -0.2) is 22.4 Å². The normalized spacial score (nSPS) is 29.3. The van der Waals surface area contributed by atoms with Crippen molar-refractivity contribution in [2.45, 2.75) is 239 Å². The first-order valence-corrected chi connectivity index (χ1v) is 33.6. The van der Waals surface area contributed by atoms with Gasteiger partial charge in [-0.3, -0.25) is 0 Å². The van der Waals surface area contributed by atoms with E-state index in [9.17, 15) is 0 Å². The van der Waals surface area contributed by atoms with Crippen LogP contribution in [-0.2, 0) is 27.1 Å². The van der Waals surface area contributed by atoms with Gasteiger partial charge in [0.2, 0.25) is 6.71 Å². The highest BCUT2D eigenvalue weighted by Crippen LogP contribution is 2.66. The maximum absolute atomic E-state index is 2.94. The first kappa shape index (κ1) is 54.5. The molecule has 4 aliphatic heterocycles. The standard InChI is InChI=1S/C80H95BN4/c1-48-41-56-57(75(10,11)40-39-74(56,8)9)47-64(48)82-65-44-51(84-62-33-29-49(72(2,3)4)42-58(62)77(14)35-20-22-37-79(77,84)16)31-32-60(65)81-61-28-24-26-54-68-71(53-25-18-19-27-55(53)76(68,12)13)83(70(54)61)67-46-52(45-66(82)69(67)81)85-63-34-30-50(73(5,6)7)43-59(63)78(15)36-21-23-38-80(78,85)17/h18-19,24-27,29-34,41-46,57,61H,20-23,28,35-40,47H2,1-17H3. The van der Waals surface area contributed by atoms with Crippen molar-refractivity contribution in [1.82, 2.24) is 4.57 Å². The van der Waals surface area contributed by atoms with Gasteiger partial charge in [0, 0.05) is 73.0 Å². The number of hydrogen-bond acceptors (Lipinski definition) is 3. The Balaban J connectivity index is 1.02. The molecule has 0 radical (unpaired) electrons. The van der Waals surface area contributed by atoms with Crippen LogP contribution in [0.2, 0.25) is 0 Å². The van der Waals surface area contributed by atoms with Gasteiger partial charge in [-0.25, -0.2) is 0 Å². The lowest BCUT2D eigenvalue weighted by molar-refractivity contribution is 0.120. The summed E-state index contributed by atoms with van der Waals surface area (Å²) in [5.74, 6) is 0.712. The van der Waals surface area contributed by atoms with Crippen molar-refractivity contribution in [3.8, 4) is 16.9 Å². The molecule has 0 spiro atoms. The SMILES string of the molecule is CC1=C(N2c3cc(N4c5ccc(C(C)(C)C)cc5C5(C)CCCCC45C)ccc3B3c4c2cc(N2c5ccc(C(C)(C)C)cc5C5(C)CCCCC25C)cc4-n2c4c(c5c2C3CC=C5)C(C)(C)c2ccccc2-4)CC2C(=C1)C(C)(C)CCC2(C)C. The van der Waals surface area contributed by atoms with Crippen LogP contribution in [0, 0.1) is 16.7 Å². The summed E-state index contributed by atoms with van der Waals surface area (Å²) < 4.78 is 2.88. The molecule has 3 saturated carbocycles. The maximum Gasteiger partial charge on any atom is 0.226 e. The minimum absolute atomic E-state index is 0.0160. The molecule has 5 heterocycles. The molecule has 438 valence electrons. The van der Waals surface area contributed by atoms with Crippen LogP contribution in [0.1, 0.15) is 245 Å². The maximum atomic E-state index is 2.94. The highest BCUT2D eigenvalue weighted by molar-refractivity contribution is 6.90. The molecule has 0 saturated heterocycles. The van der Waals surface area contributed by atoms with E-state index in [1.54, 1.807) is 16.7 Å². The third kappa shape index (κ3) is 6.84. The van der Waals surface area contributed by atoms with Crippen LogP contribution >= 0.6 is 0 Å². The summed E-state index contributed by atoms with van der Waals surface area (Å²) in [7, 11) is 0. The van der Waals surface area contributed by atoms with Gasteiger partial charge >= 0.3 is 0 Å². The zero-order valence-corrected chi connectivity index (χ0v) is 54.9. The van der Waals surface area contributed by atoms with Crippen molar-refractivity contribution in [3.63, 3.8) is 0 Å². The molecule has 6 atom stereocenters. The fourth-order valence-electron chi connectivity index (χ4n) is 20.6. The van der Waals surface area contributed by atoms with Crippen LogP contribution in [0.5, 0.6) is 0 Å². The van der Waals surface area contributed by atoms with Crippen LogP contribution < -0.4 is 25.6 Å². The van der Waals surface area contributed by atoms with Crippen molar-refractivity contribution in [3.05, 3.63) is 165 Å². The molecule has 0 amide bonds. The number of allylic oxidation sites excluding steroid dienone is 5. The van der Waals surface area contributed by atoms with Crippen LogP contribution in [0.25, 0.3) is 23.0 Å². The van der Waals surface area contributed by atoms with Gasteiger partial charge in [-0.1, -0.05) is 201 Å². The molecular formula is C80H95BN4. The molecule has 3 fully saturated rings. The van der Waals surface area contributed by atoms with Crippen LogP contribution in [0.15, 0.2) is 120 Å². The number of anilines is 6. The van der Waals surface area contributed by atoms with E-state index in [0.29, 0.717) is 5.92 Å². The lowest BCUT2D eigenvalue weighted by Crippen LogP contribution is -2.59. The molecule has 10 aliphatic rings. The number of aromatic nitrogens is 1. The van der Waals surface area contributed by atoms with E-state index in [1.165, 1.54) is 165 Å². The Morgan fingerprint density at radius 2 is 1.15 bits per heavy atom. The summed E-state index contributed by atoms with van der Waals surface area (Å²) in [6, 6.07) is 38.3. The molecule has 4 nitrogen and oxygen atoms in total. The van der Waals surface area contributed by atoms with E-state index >= 15 is 0 Å². The number of benzene rings is 5. The van der Waals surface area contributed by atoms with Gasteiger partial charge in [-0.15, -0.1) is 0 Å². The topological polar surface area (TPSA) is 14.7 Å². The van der Waals surface area contributed by atoms with Crippen molar-refractivity contribution in [2.75, 3.05) is 14.7 Å². The minimum atomic E-state index is -0.152. The zero-order chi connectivity index (χ0) is 59.5. The fourth-order valence-corrected chi connectivity index (χ4v) is 20.6. The lowest BCUT2D eigenvalue weighted by Gasteiger charge is -2.53. The Morgan fingerprint density at radius 1 is 0.565 bits per heavy atom. The highest BCUT2D eigenvalue weighted by atomic mass is 15.3. The summed E-state index contributed by atoms with van der Waals surface area (Å²) in [5.41, 5.74) is 32.2. The molecule has 85 heavy (non-hydrogen) atoms. The van der Waals surface area contributed by atoms with Gasteiger partial charge < -0.3 is 19.3 Å². The van der Waals surface area contributed by atoms with E-state index in [1.807, 2.05) is 0 Å². The smallest absolute Gasteiger partial charge is 0.226 e. The monoisotopic (exact) mass is 1120 g/mol. The molecule has 6 aliphatic carbocycles. The summed E-state index contributed by atoms with van der Waals surface area (Å²) in [6.45, 7) is 42.9. The average Bonchev–Trinajstić information content (AvgIpc) is 1.62. The highest BCUT2D eigenvalue weighted by Gasteiger charge is 2.61. The summed E-state index contributed by atoms with van der Waals surface area (Å²) in [4.78, 5) is 8.74. The van der Waals surface area contributed by atoms with Crippen LogP contribution in [0.3, 0.4) is 0 Å². The molecule has 5 aromatic carbocycles. The Bertz CT molecular complexity index is 4040. The van der Waals surface area contributed by atoms with Crippen molar-refractivity contribution >= 4 is 57.8 Å². The van der Waals surface area contributed by atoms with Crippen LogP contribution in [0.4, 0.5) is 34.1 Å². The molecule has 6 unspecified atom stereocenters. The van der Waals surface area contributed by atoms with E-state index in [2.05, 4.69) is 246 Å². The number of rotatable bonds is 3. The third-order valence-electron chi connectivity index (χ3n) is 26.1. The second-order valence-electron chi connectivity index (χ2n) is 33.8. The number of hydrogen-bond donors (Lipinski definition) is 0. The molecule has 1 aromatic heterocycles. The van der Waals surface area contributed by atoms with Gasteiger partial charge in [-0.05, 0) is 197 Å². The van der Waals surface area contributed by atoms with Gasteiger partial charge in [-0.2, -0.15) is 0 Å². The largest absolute Gasteiger partial charge is 0.334 e. The molecule has 6 aromatic rings. The predicted octanol–water partition coefficient (Wildman–Crippen LogP) is 20.0. The average molecular weight is 1120 g/mol. The quantitative estimate of drug-likeness (QED) is 0.164. The first-order chi connectivity index (χ1) is 40.1. The first-order valence-electron chi connectivity index (χ1n) is 33.6. The summed E-state index contributed by atoms with van der Waals surface area (Å²) >= 11 is 0. The fraction of sp³-hybridized carbons (Fsp3) is 0.500. The second-order valence-corrected chi connectivity index (χ2v) is 33.8. The molecule has 5 heteroatoms. The Morgan fingerprint density at radius 3 is 1.79 bits per heavy atom. The van der Waals surface area contributed by atoms with Gasteiger partial charge in [0.25, 0.3) is 0 Å². The van der Waals surface area contributed by atoms with E-state index in [4.69, 9.17) is 0 Å². The van der Waals surface area contributed by atoms with Gasteiger partial charge in [0.15, 0.2) is 0 Å². The predicted molar refractivity (Wildman–Crippen MR) is 362 cm³/mol. The molecule has 16 rings (SSSR count). The van der Waals surface area contributed by atoms with Crippen molar-refractivity contribution in [1.29, 1.82) is 0 Å². The Labute approximate surface area is 511 Å². The minimum Gasteiger partial charge on any atom is -0.334 e. The number of fused-ring (bicyclic) bond motifs is 16. The Hall–Kier alpha value is -5.94. The number of nitrogens with zero attached hydrogens (tertiary/aromatic N) is 4. The third-order valence-corrected chi connectivity index (χ3v) is 26.1. The zero-order valence-electron chi connectivity index (χ0n) is 54.9. The van der Waals surface area contributed by atoms with E-state index in [0.717, 1.165) is 19.3 Å². The van der Waals surface area contributed by atoms with Crippen molar-refractivity contribution < 1.29 is 0 Å².